The van der Waals surface area contributed by atoms with Crippen molar-refractivity contribution in [2.24, 2.45) is 0 Å². The van der Waals surface area contributed by atoms with E-state index in [4.69, 9.17) is 9.47 Å². The molecular weight excluding hydrogens is 548 g/mol. The highest BCUT2D eigenvalue weighted by atomic mass is 16.7. The molecule has 3 aromatic rings. The molecule has 0 bridgehead atoms. The van der Waals surface area contributed by atoms with Gasteiger partial charge in [0.25, 0.3) is 5.56 Å². The van der Waals surface area contributed by atoms with Crippen molar-refractivity contribution in [3.63, 3.8) is 0 Å². The fourth-order valence-corrected chi connectivity index (χ4v) is 6.15. The number of rotatable bonds is 9. The van der Waals surface area contributed by atoms with Gasteiger partial charge < -0.3 is 19.3 Å². The first-order valence-electron chi connectivity index (χ1n) is 14.9. The van der Waals surface area contributed by atoms with Crippen molar-refractivity contribution in [2.75, 3.05) is 40.1 Å². The van der Waals surface area contributed by atoms with E-state index in [2.05, 4.69) is 6.07 Å². The minimum Gasteiger partial charge on any atom is -0.359 e. The molecule has 0 aliphatic carbocycles. The van der Waals surface area contributed by atoms with E-state index < -0.39 is 11.2 Å². The lowest BCUT2D eigenvalue weighted by molar-refractivity contribution is -0.136. The largest absolute Gasteiger partial charge is 0.359 e. The van der Waals surface area contributed by atoms with Crippen LogP contribution in [0.2, 0.25) is 0 Å². The Morgan fingerprint density at radius 1 is 0.930 bits per heavy atom. The Morgan fingerprint density at radius 2 is 1.67 bits per heavy atom. The lowest BCUT2D eigenvalue weighted by atomic mass is 9.99. The van der Waals surface area contributed by atoms with E-state index in [1.165, 1.54) is 23.4 Å². The minimum absolute atomic E-state index is 0.0348. The van der Waals surface area contributed by atoms with Crippen molar-refractivity contribution in [3.8, 4) is 11.1 Å². The van der Waals surface area contributed by atoms with E-state index in [9.17, 15) is 19.2 Å². The summed E-state index contributed by atoms with van der Waals surface area (Å²) in [7, 11) is 1.50. The second-order valence-corrected chi connectivity index (χ2v) is 11.4. The van der Waals surface area contributed by atoms with Gasteiger partial charge >= 0.3 is 5.69 Å². The molecule has 0 spiro atoms. The second kappa shape index (κ2) is 13.5. The van der Waals surface area contributed by atoms with Crippen molar-refractivity contribution in [2.45, 2.75) is 58.7 Å². The monoisotopic (exact) mass is 588 g/mol. The molecule has 1 fully saturated rings. The fourth-order valence-electron chi connectivity index (χ4n) is 6.15. The number of piperidine rings is 1. The van der Waals surface area contributed by atoms with Gasteiger partial charge in [-0.15, -0.1) is 0 Å². The molecule has 10 heteroatoms. The molecule has 1 aromatic heterocycles. The van der Waals surface area contributed by atoms with E-state index >= 15 is 0 Å². The molecular formula is C33H40N4O6. The van der Waals surface area contributed by atoms with Crippen LogP contribution in [0, 0.1) is 13.8 Å². The summed E-state index contributed by atoms with van der Waals surface area (Å²) in [6, 6.07) is 13.9. The highest BCUT2D eigenvalue weighted by molar-refractivity contribution is 5.80. The smallest absolute Gasteiger partial charge is 0.331 e. The zero-order valence-corrected chi connectivity index (χ0v) is 25.2. The third-order valence-electron chi connectivity index (χ3n) is 8.76. The average molecular weight is 589 g/mol. The number of ether oxygens (including phenoxy) is 2. The predicted octanol–water partition coefficient (Wildman–Crippen LogP) is 2.53. The van der Waals surface area contributed by atoms with Crippen LogP contribution in [-0.4, -0.2) is 76.9 Å². The molecule has 0 saturated carbocycles. The molecule has 10 nitrogen and oxygen atoms in total. The minimum atomic E-state index is -0.557. The van der Waals surface area contributed by atoms with Crippen molar-refractivity contribution in [1.82, 2.24) is 18.9 Å². The van der Waals surface area contributed by atoms with Crippen LogP contribution in [-0.2, 0) is 45.0 Å². The molecule has 2 aliphatic heterocycles. The Labute approximate surface area is 251 Å². The Balaban J connectivity index is 1.32. The summed E-state index contributed by atoms with van der Waals surface area (Å²) < 4.78 is 12.7. The van der Waals surface area contributed by atoms with Crippen molar-refractivity contribution < 1.29 is 19.1 Å². The molecule has 2 amide bonds. The molecule has 228 valence electrons. The zero-order valence-electron chi connectivity index (χ0n) is 25.2. The summed E-state index contributed by atoms with van der Waals surface area (Å²) in [5.74, 6) is -0.0557. The fraction of sp³-hybridized carbons (Fsp3) is 0.455. The predicted molar refractivity (Wildman–Crippen MR) is 163 cm³/mol. The molecule has 0 N–H and O–H groups in total. The highest BCUT2D eigenvalue weighted by Crippen LogP contribution is 2.24. The van der Waals surface area contributed by atoms with Gasteiger partial charge in [-0.25, -0.2) is 4.79 Å². The van der Waals surface area contributed by atoms with Gasteiger partial charge in [-0.05, 0) is 60.9 Å². The van der Waals surface area contributed by atoms with Crippen LogP contribution in [0.4, 0.5) is 0 Å². The molecule has 2 aliphatic rings. The Hall–Kier alpha value is -4.02. The first-order chi connectivity index (χ1) is 20.8. The topological polar surface area (TPSA) is 103 Å². The van der Waals surface area contributed by atoms with E-state index in [0.717, 1.165) is 33.2 Å². The average Bonchev–Trinajstić information content (AvgIpc) is 3.17. The van der Waals surface area contributed by atoms with Crippen molar-refractivity contribution in [3.05, 3.63) is 91.8 Å². The van der Waals surface area contributed by atoms with E-state index in [1.807, 2.05) is 55.1 Å². The number of nitrogens with zero attached hydrogens (tertiary/aromatic N) is 4. The van der Waals surface area contributed by atoms with E-state index in [-0.39, 0.29) is 44.3 Å². The number of carbonyl (C=O) groups excluding carboxylic acids is 2. The molecule has 43 heavy (non-hydrogen) atoms. The van der Waals surface area contributed by atoms with Gasteiger partial charge in [0.1, 0.15) is 13.3 Å². The second-order valence-electron chi connectivity index (χ2n) is 11.4. The first-order valence-corrected chi connectivity index (χ1v) is 14.9. The van der Waals surface area contributed by atoms with Gasteiger partial charge in [0.05, 0.1) is 25.1 Å². The van der Waals surface area contributed by atoms with Gasteiger partial charge in [0.15, 0.2) is 0 Å². The molecule has 0 radical (unpaired) electrons. The van der Waals surface area contributed by atoms with Gasteiger partial charge in [-0.2, -0.15) is 0 Å². The maximum absolute atomic E-state index is 13.5. The number of carbonyl (C=O) groups is 2. The number of hydrogen-bond donors (Lipinski definition) is 0. The first kappa shape index (κ1) is 30.4. The summed E-state index contributed by atoms with van der Waals surface area (Å²) in [5.41, 5.74) is 4.39. The van der Waals surface area contributed by atoms with Crippen LogP contribution in [0.25, 0.3) is 11.1 Å². The summed E-state index contributed by atoms with van der Waals surface area (Å²) in [5, 5.41) is 0. The lowest BCUT2D eigenvalue weighted by Gasteiger charge is -2.38. The third kappa shape index (κ3) is 6.65. The van der Waals surface area contributed by atoms with Crippen LogP contribution in [0.15, 0.2) is 58.3 Å². The Morgan fingerprint density at radius 3 is 2.42 bits per heavy atom. The number of methoxy groups -OCH3 is 1. The molecule has 0 atom stereocenters. The van der Waals surface area contributed by atoms with Crippen LogP contribution in [0.5, 0.6) is 0 Å². The van der Waals surface area contributed by atoms with Crippen LogP contribution < -0.4 is 11.2 Å². The molecule has 2 aromatic carbocycles. The van der Waals surface area contributed by atoms with Gasteiger partial charge in [-0.1, -0.05) is 42.5 Å². The van der Waals surface area contributed by atoms with E-state index in [0.29, 0.717) is 44.5 Å². The maximum Gasteiger partial charge on any atom is 0.331 e. The summed E-state index contributed by atoms with van der Waals surface area (Å²) in [6.45, 7) is 5.61. The number of aryl methyl sites for hydroxylation is 1. The third-order valence-corrected chi connectivity index (χ3v) is 8.76. The van der Waals surface area contributed by atoms with E-state index in [1.54, 1.807) is 4.90 Å². The van der Waals surface area contributed by atoms with Gasteiger partial charge in [-0.3, -0.25) is 23.5 Å². The summed E-state index contributed by atoms with van der Waals surface area (Å²) in [4.78, 5) is 57.3. The number of aromatic nitrogens is 2. The number of hydrogen-bond acceptors (Lipinski definition) is 6. The molecule has 1 saturated heterocycles. The maximum atomic E-state index is 13.5. The van der Waals surface area contributed by atoms with Crippen molar-refractivity contribution >= 4 is 11.8 Å². The normalized spacial score (nSPS) is 15.8. The highest BCUT2D eigenvalue weighted by Gasteiger charge is 2.31. The Kier molecular flexibility index (Phi) is 9.57. The van der Waals surface area contributed by atoms with Gasteiger partial charge in [0, 0.05) is 39.0 Å². The number of likely N-dealkylation sites (tertiary alicyclic amines) is 1. The number of benzene rings is 2. The molecule has 3 heterocycles. The standard InChI is InChI=1S/C33H40N4O6/c1-23-7-6-10-28(24(23)2)29-20-35(33(41)37(32(29)40)17-18-43-22-42-3)21-31(39)34-14-12-27(13-15-34)36-16-11-25-8-4-5-9-26(25)19-30(36)38/h4-10,20,27H,11-19,21-22H2,1-3H3. The summed E-state index contributed by atoms with van der Waals surface area (Å²) in [6.07, 6.45) is 4.13. The van der Waals surface area contributed by atoms with Crippen LogP contribution >= 0.6 is 0 Å². The van der Waals surface area contributed by atoms with Gasteiger partial charge in [0.2, 0.25) is 11.8 Å². The SMILES string of the molecule is COCOCCn1c(=O)c(-c2cccc(C)c2C)cn(CC(=O)N2CCC(N3CCc4ccccc4CC3=O)CC2)c1=O. The number of amides is 2. The molecule has 5 rings (SSSR count). The van der Waals surface area contributed by atoms with Crippen molar-refractivity contribution in [1.29, 1.82) is 0 Å². The lowest BCUT2D eigenvalue weighted by Crippen LogP contribution is -2.50. The van der Waals surface area contributed by atoms with Crippen LogP contribution in [0.3, 0.4) is 0 Å². The molecule has 0 unspecified atom stereocenters. The quantitative estimate of drug-likeness (QED) is 0.281. The summed E-state index contributed by atoms with van der Waals surface area (Å²) >= 11 is 0. The van der Waals surface area contributed by atoms with Crippen LogP contribution in [0.1, 0.15) is 35.1 Å². The zero-order chi connectivity index (χ0) is 30.5. The number of fused-ring (bicyclic) bond motifs is 1. The Bertz CT molecular complexity index is 1600.